The molecule has 96 valence electrons. The lowest BCUT2D eigenvalue weighted by atomic mass is 9.84. The smallest absolute Gasteiger partial charge is 0.221 e. The molecule has 0 aromatic heterocycles. The Kier molecular flexibility index (Phi) is 2.61. The highest BCUT2D eigenvalue weighted by molar-refractivity contribution is 5.96. The first-order chi connectivity index (χ1) is 8.25. The number of likely N-dealkylation sites (N-methyl/N-ethyl adjacent to an activating group) is 1. The lowest BCUT2D eigenvalue weighted by molar-refractivity contribution is -0.114. The van der Waals surface area contributed by atoms with E-state index in [0.29, 0.717) is 5.69 Å². The number of carbonyl (C=O) groups excluding carboxylic acids is 1. The van der Waals surface area contributed by atoms with E-state index in [4.69, 9.17) is 0 Å². The highest BCUT2D eigenvalue weighted by Gasteiger charge is 2.39. The van der Waals surface area contributed by atoms with Gasteiger partial charge < -0.3 is 15.3 Å². The Hall–Kier alpha value is -1.97. The fraction of sp³-hybridized carbons (Fsp3) is 0.357. The molecule has 1 amide bonds. The van der Waals surface area contributed by atoms with Crippen molar-refractivity contribution < 1.29 is 9.90 Å². The van der Waals surface area contributed by atoms with E-state index in [-0.39, 0.29) is 17.1 Å². The zero-order valence-corrected chi connectivity index (χ0v) is 11.2. The summed E-state index contributed by atoms with van der Waals surface area (Å²) in [6.07, 6.45) is 0. The molecule has 2 rings (SSSR count). The van der Waals surface area contributed by atoms with E-state index in [9.17, 15) is 9.90 Å². The second-order valence-electron chi connectivity index (χ2n) is 5.20. The molecule has 0 spiro atoms. The molecule has 1 aromatic rings. The summed E-state index contributed by atoms with van der Waals surface area (Å²) in [4.78, 5) is 13.2. The van der Waals surface area contributed by atoms with E-state index in [0.717, 1.165) is 16.9 Å². The van der Waals surface area contributed by atoms with E-state index in [1.807, 2.05) is 11.9 Å². The molecule has 1 aromatic carbocycles. The van der Waals surface area contributed by atoms with Crippen LogP contribution in [-0.4, -0.2) is 18.1 Å². The molecular formula is C14H18N2O2. The van der Waals surface area contributed by atoms with Gasteiger partial charge in [0, 0.05) is 31.1 Å². The van der Waals surface area contributed by atoms with Gasteiger partial charge in [0.15, 0.2) is 0 Å². The van der Waals surface area contributed by atoms with Crippen LogP contribution in [0.3, 0.4) is 0 Å². The van der Waals surface area contributed by atoms with Crippen molar-refractivity contribution in [2.75, 3.05) is 17.3 Å². The minimum Gasteiger partial charge on any atom is -0.508 e. The van der Waals surface area contributed by atoms with Crippen LogP contribution in [-0.2, 0) is 10.2 Å². The van der Waals surface area contributed by atoms with Gasteiger partial charge in [-0.25, -0.2) is 0 Å². The molecule has 0 aliphatic carbocycles. The first-order valence-corrected chi connectivity index (χ1v) is 5.83. The van der Waals surface area contributed by atoms with Crippen molar-refractivity contribution in [1.29, 1.82) is 0 Å². The van der Waals surface area contributed by atoms with Crippen molar-refractivity contribution in [1.82, 2.24) is 0 Å². The summed E-state index contributed by atoms with van der Waals surface area (Å²) in [5.41, 5.74) is 3.17. The van der Waals surface area contributed by atoms with Gasteiger partial charge in [-0.15, -0.1) is 0 Å². The van der Waals surface area contributed by atoms with E-state index in [1.165, 1.54) is 6.92 Å². The largest absolute Gasteiger partial charge is 0.508 e. The van der Waals surface area contributed by atoms with Crippen molar-refractivity contribution in [2.45, 2.75) is 26.2 Å². The third kappa shape index (κ3) is 1.65. The topological polar surface area (TPSA) is 52.6 Å². The third-order valence-electron chi connectivity index (χ3n) is 3.54. The number of hydrogen-bond acceptors (Lipinski definition) is 3. The quantitative estimate of drug-likeness (QED) is 0.800. The molecule has 4 heteroatoms. The summed E-state index contributed by atoms with van der Waals surface area (Å²) >= 11 is 0. The molecule has 18 heavy (non-hydrogen) atoms. The maximum absolute atomic E-state index is 11.2. The maximum atomic E-state index is 11.2. The Morgan fingerprint density at radius 1 is 1.44 bits per heavy atom. The van der Waals surface area contributed by atoms with E-state index < -0.39 is 0 Å². The molecule has 0 bridgehead atoms. The summed E-state index contributed by atoms with van der Waals surface area (Å²) in [7, 11) is 1.91. The van der Waals surface area contributed by atoms with Gasteiger partial charge in [-0.1, -0.05) is 20.4 Å². The van der Waals surface area contributed by atoms with Crippen molar-refractivity contribution in [3.05, 3.63) is 30.0 Å². The number of nitrogens with zero attached hydrogens (tertiary/aromatic N) is 1. The van der Waals surface area contributed by atoms with E-state index in [1.54, 1.807) is 12.1 Å². The average Bonchev–Trinajstić information content (AvgIpc) is 2.40. The monoisotopic (exact) mass is 246 g/mol. The number of hydrogen-bond donors (Lipinski definition) is 2. The molecule has 0 atom stereocenters. The number of carbonyl (C=O) groups is 1. The summed E-state index contributed by atoms with van der Waals surface area (Å²) < 4.78 is 0. The van der Waals surface area contributed by atoms with Gasteiger partial charge >= 0.3 is 0 Å². The van der Waals surface area contributed by atoms with Crippen molar-refractivity contribution >= 4 is 17.3 Å². The van der Waals surface area contributed by atoms with Crippen LogP contribution in [0.25, 0.3) is 0 Å². The number of nitrogens with one attached hydrogen (secondary N) is 1. The Labute approximate surface area is 107 Å². The second kappa shape index (κ2) is 3.77. The number of rotatable bonds is 1. The molecule has 0 radical (unpaired) electrons. The molecule has 0 fully saturated rings. The van der Waals surface area contributed by atoms with Gasteiger partial charge in [-0.2, -0.15) is 0 Å². The number of benzene rings is 1. The Morgan fingerprint density at radius 3 is 2.61 bits per heavy atom. The van der Waals surface area contributed by atoms with Crippen LogP contribution in [0.2, 0.25) is 0 Å². The normalized spacial score (nSPS) is 16.7. The molecule has 0 saturated heterocycles. The molecule has 0 saturated carbocycles. The highest BCUT2D eigenvalue weighted by Crippen LogP contribution is 2.50. The number of allylic oxidation sites excluding steroid dienone is 1. The van der Waals surface area contributed by atoms with Crippen molar-refractivity contribution in [3.8, 4) is 5.75 Å². The summed E-state index contributed by atoms with van der Waals surface area (Å²) in [5.74, 6) is -0.0137. The number of phenols is 1. The fourth-order valence-corrected chi connectivity index (χ4v) is 2.45. The van der Waals surface area contributed by atoms with Gasteiger partial charge in [0.05, 0.1) is 11.4 Å². The summed E-state index contributed by atoms with van der Waals surface area (Å²) in [5, 5.41) is 12.5. The second-order valence-corrected chi connectivity index (χ2v) is 5.20. The molecule has 1 heterocycles. The van der Waals surface area contributed by atoms with Gasteiger partial charge in [-0.3, -0.25) is 4.79 Å². The standard InChI is InChI=1S/C14H18N2O2/c1-8-14(3,4)11-6-10(18)7-12(15-9(2)17)13(11)16(8)5/h6-7,18H,1H2,2-5H3,(H,15,17). The number of anilines is 2. The maximum Gasteiger partial charge on any atom is 0.221 e. The van der Waals surface area contributed by atoms with Crippen LogP contribution in [0.1, 0.15) is 26.3 Å². The molecule has 0 unspecified atom stereocenters. The molecular weight excluding hydrogens is 228 g/mol. The number of aromatic hydroxyl groups is 1. The lowest BCUT2D eigenvalue weighted by Gasteiger charge is -2.22. The van der Waals surface area contributed by atoms with Gasteiger partial charge in [-0.05, 0) is 11.6 Å². The Bertz CT molecular complexity index is 547. The molecule has 1 aliphatic rings. The van der Waals surface area contributed by atoms with Crippen molar-refractivity contribution in [2.24, 2.45) is 0 Å². The zero-order chi connectivity index (χ0) is 13.7. The van der Waals surface area contributed by atoms with E-state index >= 15 is 0 Å². The molecule has 2 N–H and O–H groups in total. The molecule has 1 aliphatic heterocycles. The minimum atomic E-state index is -0.254. The minimum absolute atomic E-state index is 0.147. The first kappa shape index (κ1) is 12.5. The van der Waals surface area contributed by atoms with Crippen LogP contribution < -0.4 is 10.2 Å². The zero-order valence-electron chi connectivity index (χ0n) is 11.2. The highest BCUT2D eigenvalue weighted by atomic mass is 16.3. The van der Waals surface area contributed by atoms with Gasteiger partial charge in [0.25, 0.3) is 0 Å². The lowest BCUT2D eigenvalue weighted by Crippen LogP contribution is -2.21. The van der Waals surface area contributed by atoms with E-state index in [2.05, 4.69) is 25.7 Å². The van der Waals surface area contributed by atoms with Crippen LogP contribution >= 0.6 is 0 Å². The predicted molar refractivity (Wildman–Crippen MR) is 73.0 cm³/mol. The van der Waals surface area contributed by atoms with Crippen LogP contribution in [0.15, 0.2) is 24.4 Å². The van der Waals surface area contributed by atoms with Crippen LogP contribution in [0, 0.1) is 0 Å². The number of fused-ring (bicyclic) bond motifs is 1. The summed E-state index contributed by atoms with van der Waals surface area (Å²) in [6.45, 7) is 9.63. The van der Waals surface area contributed by atoms with Gasteiger partial charge in [0.2, 0.25) is 5.91 Å². The van der Waals surface area contributed by atoms with Gasteiger partial charge in [0.1, 0.15) is 5.75 Å². The first-order valence-electron chi connectivity index (χ1n) is 5.83. The molecule has 4 nitrogen and oxygen atoms in total. The van der Waals surface area contributed by atoms with Crippen molar-refractivity contribution in [3.63, 3.8) is 0 Å². The Morgan fingerprint density at radius 2 is 2.06 bits per heavy atom. The van der Waals surface area contributed by atoms with Crippen LogP contribution in [0.5, 0.6) is 5.75 Å². The van der Waals surface area contributed by atoms with Crippen LogP contribution in [0.4, 0.5) is 11.4 Å². The number of amides is 1. The Balaban J connectivity index is 2.68. The fourth-order valence-electron chi connectivity index (χ4n) is 2.45. The average molecular weight is 246 g/mol. The predicted octanol–water partition coefficient (Wildman–Crippen LogP) is 2.59. The SMILES string of the molecule is C=C1N(C)c2c(NC(C)=O)cc(O)cc2C1(C)C. The summed E-state index contributed by atoms with van der Waals surface area (Å²) in [6, 6.07) is 3.29. The third-order valence-corrected chi connectivity index (χ3v) is 3.54. The number of phenolic OH excluding ortho intramolecular Hbond substituents is 1.